The number of carbonyl (C=O) groups excluding carboxylic acids is 2. The van der Waals surface area contributed by atoms with Gasteiger partial charge in [0.25, 0.3) is 0 Å². The van der Waals surface area contributed by atoms with Crippen molar-refractivity contribution in [2.24, 2.45) is 0 Å². The van der Waals surface area contributed by atoms with Crippen LogP contribution in [0.4, 0.5) is 10.5 Å². The highest BCUT2D eigenvalue weighted by atomic mass is 35.5. The van der Waals surface area contributed by atoms with E-state index in [1.54, 1.807) is 30.3 Å². The number of nitrogens with one attached hydrogen (secondary N) is 1. The van der Waals surface area contributed by atoms with Crippen LogP contribution in [0.5, 0.6) is 0 Å². The Morgan fingerprint density at radius 3 is 2.60 bits per heavy atom. The summed E-state index contributed by atoms with van der Waals surface area (Å²) in [6.45, 7) is 4.20. The molecule has 0 atom stereocenters. The molecule has 0 aliphatic rings. The largest absolute Gasteiger partial charge is 0.469 e. The number of esters is 1. The molecule has 0 aromatic heterocycles. The third kappa shape index (κ3) is 5.32. The van der Waals surface area contributed by atoms with Crippen LogP contribution in [0.2, 0.25) is 5.02 Å². The van der Waals surface area contributed by atoms with Crippen LogP contribution in [0.15, 0.2) is 36.9 Å². The molecule has 0 saturated heterocycles. The number of amides is 2. The molecule has 1 aromatic carbocycles. The molecule has 2 amide bonds. The van der Waals surface area contributed by atoms with E-state index in [1.165, 1.54) is 12.0 Å². The van der Waals surface area contributed by atoms with Gasteiger partial charge in [-0.05, 0) is 24.3 Å². The molecular weight excluding hydrogens is 280 g/mol. The monoisotopic (exact) mass is 296 g/mol. The zero-order valence-electron chi connectivity index (χ0n) is 11.3. The van der Waals surface area contributed by atoms with E-state index in [4.69, 9.17) is 11.6 Å². The molecule has 0 saturated carbocycles. The number of hydrogen-bond acceptors (Lipinski definition) is 3. The number of ether oxygens (including phenoxy) is 1. The van der Waals surface area contributed by atoms with E-state index < -0.39 is 0 Å². The van der Waals surface area contributed by atoms with Gasteiger partial charge in [0.1, 0.15) is 0 Å². The quantitative estimate of drug-likeness (QED) is 0.648. The highest BCUT2D eigenvalue weighted by Crippen LogP contribution is 2.14. The molecule has 1 rings (SSSR count). The highest BCUT2D eigenvalue weighted by molar-refractivity contribution is 6.30. The normalized spacial score (nSPS) is 9.70. The molecule has 1 aromatic rings. The van der Waals surface area contributed by atoms with Gasteiger partial charge >= 0.3 is 12.0 Å². The average molecular weight is 297 g/mol. The van der Waals surface area contributed by atoms with Crippen LogP contribution in [0, 0.1) is 0 Å². The molecule has 108 valence electrons. The summed E-state index contributed by atoms with van der Waals surface area (Å²) in [7, 11) is 1.31. The third-order valence-corrected chi connectivity index (χ3v) is 2.80. The summed E-state index contributed by atoms with van der Waals surface area (Å²) in [5.74, 6) is -0.363. The molecule has 0 spiro atoms. The molecule has 0 unspecified atom stereocenters. The van der Waals surface area contributed by atoms with Gasteiger partial charge in [-0.1, -0.05) is 17.7 Å². The fraction of sp³-hybridized carbons (Fsp3) is 0.286. The second-order valence-corrected chi connectivity index (χ2v) is 4.43. The van der Waals surface area contributed by atoms with Crippen LogP contribution in [0.1, 0.15) is 6.42 Å². The minimum Gasteiger partial charge on any atom is -0.469 e. The van der Waals surface area contributed by atoms with Crippen molar-refractivity contribution in [3.8, 4) is 0 Å². The van der Waals surface area contributed by atoms with Crippen molar-refractivity contribution in [3.63, 3.8) is 0 Å². The van der Waals surface area contributed by atoms with Gasteiger partial charge in [0, 0.05) is 23.8 Å². The first-order valence-electron chi connectivity index (χ1n) is 6.06. The number of halogens is 1. The number of urea groups is 1. The van der Waals surface area contributed by atoms with Gasteiger partial charge in [0.15, 0.2) is 0 Å². The number of methoxy groups -OCH3 is 1. The van der Waals surface area contributed by atoms with Crippen molar-refractivity contribution in [3.05, 3.63) is 41.9 Å². The molecule has 0 radical (unpaired) electrons. The van der Waals surface area contributed by atoms with Crippen molar-refractivity contribution < 1.29 is 14.3 Å². The number of nitrogens with zero attached hydrogens (tertiary/aromatic N) is 1. The lowest BCUT2D eigenvalue weighted by Crippen LogP contribution is -2.36. The molecule has 0 fully saturated rings. The zero-order valence-corrected chi connectivity index (χ0v) is 12.0. The number of rotatable bonds is 6. The summed E-state index contributed by atoms with van der Waals surface area (Å²) in [4.78, 5) is 24.7. The molecular formula is C14H17ClN2O3. The van der Waals surface area contributed by atoms with Gasteiger partial charge in [-0.2, -0.15) is 0 Å². The Labute approximate surface area is 123 Å². The summed E-state index contributed by atoms with van der Waals surface area (Å²) in [6.07, 6.45) is 1.73. The highest BCUT2D eigenvalue weighted by Gasteiger charge is 2.14. The number of carbonyl (C=O) groups is 2. The van der Waals surface area contributed by atoms with Gasteiger partial charge in [-0.3, -0.25) is 4.79 Å². The Bertz CT molecular complexity index is 474. The van der Waals surface area contributed by atoms with Crippen LogP contribution in [-0.4, -0.2) is 37.1 Å². The fourth-order valence-electron chi connectivity index (χ4n) is 1.50. The smallest absolute Gasteiger partial charge is 0.322 e. The van der Waals surface area contributed by atoms with E-state index in [1.807, 2.05) is 0 Å². The Morgan fingerprint density at radius 1 is 1.40 bits per heavy atom. The van der Waals surface area contributed by atoms with Gasteiger partial charge in [-0.15, -0.1) is 6.58 Å². The summed E-state index contributed by atoms with van der Waals surface area (Å²) < 4.78 is 4.55. The van der Waals surface area contributed by atoms with E-state index in [0.29, 0.717) is 17.3 Å². The molecule has 0 bridgehead atoms. The van der Waals surface area contributed by atoms with Crippen LogP contribution in [-0.2, 0) is 9.53 Å². The first-order valence-corrected chi connectivity index (χ1v) is 6.44. The van der Waals surface area contributed by atoms with E-state index in [0.717, 1.165) is 0 Å². The maximum absolute atomic E-state index is 12.1. The Morgan fingerprint density at radius 2 is 2.05 bits per heavy atom. The fourth-order valence-corrected chi connectivity index (χ4v) is 1.62. The molecule has 6 heteroatoms. The Balaban J connectivity index is 2.61. The number of anilines is 1. The SMILES string of the molecule is C=CCN(CCC(=O)OC)C(=O)Nc1ccc(Cl)cc1. The molecule has 20 heavy (non-hydrogen) atoms. The lowest BCUT2D eigenvalue weighted by molar-refractivity contribution is -0.140. The van der Waals surface area contributed by atoms with Gasteiger partial charge in [0.2, 0.25) is 0 Å². The van der Waals surface area contributed by atoms with E-state index in [2.05, 4.69) is 16.6 Å². The van der Waals surface area contributed by atoms with Crippen molar-refractivity contribution in [2.75, 3.05) is 25.5 Å². The topological polar surface area (TPSA) is 58.6 Å². The average Bonchev–Trinajstić information content (AvgIpc) is 2.45. The maximum Gasteiger partial charge on any atom is 0.322 e. The molecule has 0 heterocycles. The van der Waals surface area contributed by atoms with Crippen molar-refractivity contribution in [1.82, 2.24) is 4.90 Å². The van der Waals surface area contributed by atoms with E-state index >= 15 is 0 Å². The zero-order chi connectivity index (χ0) is 15.0. The summed E-state index contributed by atoms with van der Waals surface area (Å²) in [6, 6.07) is 6.46. The Kier molecular flexibility index (Phi) is 6.59. The molecule has 0 aliphatic carbocycles. The second-order valence-electron chi connectivity index (χ2n) is 4.00. The first kappa shape index (κ1) is 16.0. The van der Waals surface area contributed by atoms with Gasteiger partial charge < -0.3 is 15.0 Å². The first-order chi connectivity index (χ1) is 9.56. The Hall–Kier alpha value is -2.01. The molecule has 1 N–H and O–H groups in total. The predicted octanol–water partition coefficient (Wildman–Crippen LogP) is 2.92. The van der Waals surface area contributed by atoms with Crippen LogP contribution < -0.4 is 5.32 Å². The number of hydrogen-bond donors (Lipinski definition) is 1. The summed E-state index contributed by atoms with van der Waals surface area (Å²) in [5.41, 5.74) is 0.631. The minimum atomic E-state index is -0.363. The second kappa shape index (κ2) is 8.22. The predicted molar refractivity (Wildman–Crippen MR) is 78.9 cm³/mol. The maximum atomic E-state index is 12.1. The lowest BCUT2D eigenvalue weighted by Gasteiger charge is -2.21. The van der Waals surface area contributed by atoms with E-state index in [-0.39, 0.29) is 25.0 Å². The molecule has 0 aliphatic heterocycles. The van der Waals surface area contributed by atoms with Gasteiger partial charge in [0.05, 0.1) is 13.5 Å². The summed E-state index contributed by atoms with van der Waals surface area (Å²) in [5, 5.41) is 3.32. The van der Waals surface area contributed by atoms with Crippen LogP contribution >= 0.6 is 11.6 Å². The van der Waals surface area contributed by atoms with Gasteiger partial charge in [-0.25, -0.2) is 4.79 Å². The third-order valence-electron chi connectivity index (χ3n) is 2.55. The standard InChI is InChI=1S/C14H17ClN2O3/c1-3-9-17(10-8-13(18)20-2)14(19)16-12-6-4-11(15)5-7-12/h3-7H,1,8-10H2,2H3,(H,16,19). The lowest BCUT2D eigenvalue weighted by atomic mass is 10.3. The number of benzene rings is 1. The van der Waals surface area contributed by atoms with Crippen molar-refractivity contribution in [2.45, 2.75) is 6.42 Å². The van der Waals surface area contributed by atoms with Crippen LogP contribution in [0.3, 0.4) is 0 Å². The molecule has 5 nitrogen and oxygen atoms in total. The van der Waals surface area contributed by atoms with Crippen LogP contribution in [0.25, 0.3) is 0 Å². The van der Waals surface area contributed by atoms with Crippen molar-refractivity contribution in [1.29, 1.82) is 0 Å². The van der Waals surface area contributed by atoms with E-state index in [9.17, 15) is 9.59 Å². The summed E-state index contributed by atoms with van der Waals surface area (Å²) >= 11 is 5.77. The minimum absolute atomic E-state index is 0.137. The van der Waals surface area contributed by atoms with Crippen molar-refractivity contribution >= 4 is 29.3 Å².